The molecule has 0 saturated carbocycles. The van der Waals surface area contributed by atoms with Gasteiger partial charge in [0.05, 0.1) is 12.1 Å². The predicted molar refractivity (Wildman–Crippen MR) is 109 cm³/mol. The molecule has 144 valence electrons. The van der Waals surface area contributed by atoms with E-state index in [2.05, 4.69) is 9.88 Å². The number of nitrogens with zero attached hydrogens (tertiary/aromatic N) is 3. The zero-order chi connectivity index (χ0) is 19.1. The van der Waals surface area contributed by atoms with E-state index in [1.54, 1.807) is 30.3 Å². The molecule has 0 unspecified atom stereocenters. The van der Waals surface area contributed by atoms with Gasteiger partial charge < -0.3 is 14.5 Å². The van der Waals surface area contributed by atoms with E-state index in [0.717, 1.165) is 18.9 Å². The lowest BCUT2D eigenvalue weighted by molar-refractivity contribution is 0.0773. The molecule has 1 fully saturated rings. The van der Waals surface area contributed by atoms with Crippen molar-refractivity contribution in [3.8, 4) is 5.75 Å². The second-order valence-electron chi connectivity index (χ2n) is 6.84. The van der Waals surface area contributed by atoms with Crippen LogP contribution in [0.25, 0.3) is 0 Å². The fourth-order valence-electron chi connectivity index (χ4n) is 3.18. The van der Waals surface area contributed by atoms with Crippen LogP contribution in [0.2, 0.25) is 5.02 Å². The van der Waals surface area contributed by atoms with Crippen molar-refractivity contribution in [3.05, 3.63) is 53.2 Å². The van der Waals surface area contributed by atoms with Crippen molar-refractivity contribution in [3.63, 3.8) is 0 Å². The number of halogens is 1. The average molecular weight is 388 g/mol. The number of benzene rings is 1. The summed E-state index contributed by atoms with van der Waals surface area (Å²) in [5, 5.41) is 0.632. The molecule has 1 aromatic heterocycles. The van der Waals surface area contributed by atoms with E-state index in [-0.39, 0.29) is 5.91 Å². The molecular weight excluding hydrogens is 362 g/mol. The Morgan fingerprint density at radius 3 is 2.63 bits per heavy atom. The first-order chi connectivity index (χ1) is 13.1. The number of rotatable bonds is 6. The van der Waals surface area contributed by atoms with Crippen molar-refractivity contribution in [2.24, 2.45) is 0 Å². The Bertz CT molecular complexity index is 743. The lowest BCUT2D eigenvalue weighted by Gasteiger charge is -2.22. The molecule has 1 aromatic carbocycles. The molecular formula is C21H26ClN3O2. The Labute approximate surface area is 165 Å². The summed E-state index contributed by atoms with van der Waals surface area (Å²) in [6, 6.07) is 11.1. The van der Waals surface area contributed by atoms with E-state index in [1.165, 1.54) is 25.7 Å². The first-order valence-electron chi connectivity index (χ1n) is 9.48. The predicted octanol–water partition coefficient (Wildman–Crippen LogP) is 4.27. The molecule has 0 radical (unpaired) electrons. The van der Waals surface area contributed by atoms with Gasteiger partial charge in [0, 0.05) is 31.4 Å². The zero-order valence-corrected chi connectivity index (χ0v) is 16.5. The standard InChI is InChI=1S/C21H26ClN3O2/c1-24(13-14-27-19-8-6-7-18(22)15-19)21(26)17-9-10-20(23-16-17)25-11-4-2-3-5-12-25/h6-10,15-16H,2-5,11-14H2,1H3. The molecule has 6 heteroatoms. The third-order valence-electron chi connectivity index (χ3n) is 4.76. The summed E-state index contributed by atoms with van der Waals surface area (Å²) in [6.45, 7) is 2.98. The van der Waals surface area contributed by atoms with Gasteiger partial charge in [0.15, 0.2) is 0 Å². The molecule has 0 bridgehead atoms. The summed E-state index contributed by atoms with van der Waals surface area (Å²) in [7, 11) is 1.77. The number of ether oxygens (including phenoxy) is 1. The largest absolute Gasteiger partial charge is 0.492 e. The normalized spacial score (nSPS) is 14.5. The summed E-state index contributed by atoms with van der Waals surface area (Å²) < 4.78 is 5.65. The summed E-state index contributed by atoms with van der Waals surface area (Å²) in [5.74, 6) is 1.60. The lowest BCUT2D eigenvalue weighted by Crippen LogP contribution is -2.31. The molecule has 1 aliphatic heterocycles. The van der Waals surface area contributed by atoms with Crippen molar-refractivity contribution >= 4 is 23.3 Å². The van der Waals surface area contributed by atoms with Gasteiger partial charge in [0.1, 0.15) is 18.2 Å². The van der Waals surface area contributed by atoms with E-state index in [1.807, 2.05) is 24.3 Å². The van der Waals surface area contributed by atoms with Crippen LogP contribution in [0, 0.1) is 0 Å². The van der Waals surface area contributed by atoms with Gasteiger partial charge in [0.25, 0.3) is 5.91 Å². The Kier molecular flexibility index (Phi) is 6.93. The SMILES string of the molecule is CN(CCOc1cccc(Cl)c1)C(=O)c1ccc(N2CCCCCC2)nc1. The molecule has 3 rings (SSSR count). The molecule has 2 aromatic rings. The summed E-state index contributed by atoms with van der Waals surface area (Å²) >= 11 is 5.94. The average Bonchev–Trinajstić information content (AvgIpc) is 2.97. The molecule has 1 amide bonds. The molecule has 1 saturated heterocycles. The number of hydrogen-bond donors (Lipinski definition) is 0. The first-order valence-corrected chi connectivity index (χ1v) is 9.86. The Balaban J connectivity index is 1.51. The van der Waals surface area contributed by atoms with Gasteiger partial charge in [-0.2, -0.15) is 0 Å². The third-order valence-corrected chi connectivity index (χ3v) is 5.00. The zero-order valence-electron chi connectivity index (χ0n) is 15.7. The highest BCUT2D eigenvalue weighted by Gasteiger charge is 2.15. The molecule has 2 heterocycles. The molecule has 0 atom stereocenters. The van der Waals surface area contributed by atoms with Crippen LogP contribution in [-0.2, 0) is 0 Å². The van der Waals surface area contributed by atoms with E-state index >= 15 is 0 Å². The maximum Gasteiger partial charge on any atom is 0.255 e. The fourth-order valence-corrected chi connectivity index (χ4v) is 3.36. The molecule has 27 heavy (non-hydrogen) atoms. The smallest absolute Gasteiger partial charge is 0.255 e. The third kappa shape index (κ3) is 5.60. The highest BCUT2D eigenvalue weighted by atomic mass is 35.5. The van der Waals surface area contributed by atoms with Gasteiger partial charge in [-0.15, -0.1) is 0 Å². The fraction of sp³-hybridized carbons (Fsp3) is 0.429. The van der Waals surface area contributed by atoms with Gasteiger partial charge >= 0.3 is 0 Å². The van der Waals surface area contributed by atoms with Crippen LogP contribution >= 0.6 is 11.6 Å². The Morgan fingerprint density at radius 1 is 1.19 bits per heavy atom. The van der Waals surface area contributed by atoms with Gasteiger partial charge in [-0.1, -0.05) is 30.5 Å². The van der Waals surface area contributed by atoms with Crippen LogP contribution in [0.4, 0.5) is 5.82 Å². The van der Waals surface area contributed by atoms with Gasteiger partial charge in [-0.25, -0.2) is 4.98 Å². The number of likely N-dealkylation sites (N-methyl/N-ethyl adjacent to an activating group) is 1. The number of pyridine rings is 1. The molecule has 5 nitrogen and oxygen atoms in total. The van der Waals surface area contributed by atoms with E-state index in [9.17, 15) is 4.79 Å². The minimum atomic E-state index is -0.0559. The molecule has 0 aliphatic carbocycles. The first kappa shape index (κ1) is 19.5. The molecule has 1 aliphatic rings. The lowest BCUT2D eigenvalue weighted by atomic mass is 10.2. The van der Waals surface area contributed by atoms with Gasteiger partial charge in [-0.3, -0.25) is 4.79 Å². The summed E-state index contributed by atoms with van der Waals surface area (Å²) in [4.78, 5) is 21.1. The minimum absolute atomic E-state index is 0.0559. The highest BCUT2D eigenvalue weighted by molar-refractivity contribution is 6.30. The van der Waals surface area contributed by atoms with Gasteiger partial charge in [-0.05, 0) is 43.2 Å². The Hall–Kier alpha value is -2.27. The number of hydrogen-bond acceptors (Lipinski definition) is 4. The van der Waals surface area contributed by atoms with E-state index < -0.39 is 0 Å². The summed E-state index contributed by atoms with van der Waals surface area (Å²) in [5.41, 5.74) is 0.596. The van der Waals surface area contributed by atoms with Crippen molar-refractivity contribution in [1.29, 1.82) is 0 Å². The van der Waals surface area contributed by atoms with E-state index in [4.69, 9.17) is 16.3 Å². The maximum absolute atomic E-state index is 12.6. The minimum Gasteiger partial charge on any atom is -0.492 e. The quantitative estimate of drug-likeness (QED) is 0.742. The van der Waals surface area contributed by atoms with Crippen LogP contribution in [0.3, 0.4) is 0 Å². The molecule has 0 spiro atoms. The van der Waals surface area contributed by atoms with Crippen LogP contribution in [0.1, 0.15) is 36.0 Å². The van der Waals surface area contributed by atoms with Crippen LogP contribution in [0.5, 0.6) is 5.75 Å². The number of aromatic nitrogens is 1. The number of carbonyl (C=O) groups is 1. The number of anilines is 1. The van der Waals surface area contributed by atoms with Crippen molar-refractivity contribution in [2.75, 3.05) is 38.2 Å². The second kappa shape index (κ2) is 9.60. The van der Waals surface area contributed by atoms with Crippen LogP contribution < -0.4 is 9.64 Å². The number of amides is 1. The monoisotopic (exact) mass is 387 g/mol. The van der Waals surface area contributed by atoms with Crippen LogP contribution in [0.15, 0.2) is 42.6 Å². The highest BCUT2D eigenvalue weighted by Crippen LogP contribution is 2.18. The van der Waals surface area contributed by atoms with Gasteiger partial charge in [0.2, 0.25) is 0 Å². The Morgan fingerprint density at radius 2 is 1.96 bits per heavy atom. The van der Waals surface area contributed by atoms with Crippen LogP contribution in [-0.4, -0.2) is 49.1 Å². The number of carbonyl (C=O) groups excluding carboxylic acids is 1. The topological polar surface area (TPSA) is 45.7 Å². The maximum atomic E-state index is 12.6. The van der Waals surface area contributed by atoms with Crippen molar-refractivity contribution in [1.82, 2.24) is 9.88 Å². The van der Waals surface area contributed by atoms with Crippen molar-refractivity contribution < 1.29 is 9.53 Å². The summed E-state index contributed by atoms with van der Waals surface area (Å²) in [6.07, 6.45) is 6.66. The van der Waals surface area contributed by atoms with E-state index in [0.29, 0.717) is 29.5 Å². The molecule has 0 N–H and O–H groups in total. The second-order valence-corrected chi connectivity index (χ2v) is 7.28. The van der Waals surface area contributed by atoms with Crippen molar-refractivity contribution in [2.45, 2.75) is 25.7 Å².